The van der Waals surface area contributed by atoms with Crippen molar-refractivity contribution in [3.05, 3.63) is 34.9 Å². The maximum atomic E-state index is 8.61. The van der Waals surface area contributed by atoms with E-state index in [9.17, 15) is 0 Å². The summed E-state index contributed by atoms with van der Waals surface area (Å²) in [5.74, 6) is 6.32. The number of hydrogen-bond acceptors (Lipinski definition) is 1. The van der Waals surface area contributed by atoms with Crippen LogP contribution in [0.25, 0.3) is 0 Å². The molecule has 0 radical (unpaired) electrons. The quantitative estimate of drug-likeness (QED) is 0.586. The van der Waals surface area contributed by atoms with Gasteiger partial charge in [-0.15, -0.1) is 0 Å². The Morgan fingerprint density at radius 1 is 1.13 bits per heavy atom. The summed E-state index contributed by atoms with van der Waals surface area (Å²) in [5, 5.41) is 8.61. The molecule has 0 atom stereocenters. The molecule has 0 unspecified atom stereocenters. The zero-order valence-electron chi connectivity index (χ0n) is 8.92. The topological polar surface area (TPSA) is 20.2 Å². The van der Waals surface area contributed by atoms with Crippen molar-refractivity contribution in [3.8, 4) is 11.8 Å². The molecule has 1 aromatic rings. The van der Waals surface area contributed by atoms with Gasteiger partial charge in [0.15, 0.2) is 0 Å². The number of aliphatic hydroxyl groups is 1. The minimum absolute atomic E-state index is 0.278. The summed E-state index contributed by atoms with van der Waals surface area (Å²) >= 11 is 0. The molecule has 1 aromatic carbocycles. The average molecular weight is 200 g/mol. The van der Waals surface area contributed by atoms with Gasteiger partial charge in [0.05, 0.1) is 0 Å². The Balaban J connectivity index is 1.90. The summed E-state index contributed by atoms with van der Waals surface area (Å²) < 4.78 is 0. The Kier molecular flexibility index (Phi) is 3.42. The molecule has 0 aliphatic heterocycles. The first kappa shape index (κ1) is 10.3. The van der Waals surface area contributed by atoms with Gasteiger partial charge in [-0.1, -0.05) is 17.9 Å². The fourth-order valence-electron chi connectivity index (χ4n) is 1.76. The van der Waals surface area contributed by atoms with Gasteiger partial charge in [0.25, 0.3) is 0 Å². The van der Waals surface area contributed by atoms with Crippen LogP contribution in [0.4, 0.5) is 0 Å². The molecule has 0 bridgehead atoms. The van der Waals surface area contributed by atoms with Crippen LogP contribution >= 0.6 is 0 Å². The maximum Gasteiger partial charge on any atom is 0.0431 e. The van der Waals surface area contributed by atoms with Gasteiger partial charge in [-0.3, -0.25) is 0 Å². The lowest BCUT2D eigenvalue weighted by Gasteiger charge is -2.17. The van der Waals surface area contributed by atoms with Crippen LogP contribution in [0.15, 0.2) is 18.2 Å². The van der Waals surface area contributed by atoms with Gasteiger partial charge in [-0.05, 0) is 48.9 Å². The van der Waals surface area contributed by atoms with E-state index < -0.39 is 0 Å². The molecule has 0 heterocycles. The van der Waals surface area contributed by atoms with E-state index in [2.05, 4.69) is 30.0 Å². The van der Waals surface area contributed by atoms with Crippen molar-refractivity contribution in [2.75, 3.05) is 6.61 Å². The number of rotatable bonds is 3. The average Bonchev–Trinajstić information content (AvgIpc) is 2.21. The van der Waals surface area contributed by atoms with Crippen molar-refractivity contribution in [3.63, 3.8) is 0 Å². The minimum Gasteiger partial charge on any atom is -0.396 e. The first-order chi connectivity index (χ1) is 7.40. The van der Waals surface area contributed by atoms with Crippen molar-refractivity contribution in [2.45, 2.75) is 32.1 Å². The van der Waals surface area contributed by atoms with E-state index in [1.54, 1.807) is 0 Å². The molecular formula is C14H16O. The highest BCUT2D eigenvalue weighted by Crippen LogP contribution is 2.23. The van der Waals surface area contributed by atoms with Gasteiger partial charge in [0.2, 0.25) is 0 Å². The first-order valence-corrected chi connectivity index (χ1v) is 5.61. The SMILES string of the molecule is OCCCCC#Cc1ccc2c(c1)CC2. The molecule has 0 amide bonds. The van der Waals surface area contributed by atoms with Crippen molar-refractivity contribution in [2.24, 2.45) is 0 Å². The molecule has 0 aromatic heterocycles. The third kappa shape index (κ3) is 2.61. The summed E-state index contributed by atoms with van der Waals surface area (Å²) in [6, 6.07) is 6.51. The first-order valence-electron chi connectivity index (χ1n) is 5.61. The second-order valence-electron chi connectivity index (χ2n) is 3.97. The van der Waals surface area contributed by atoms with Gasteiger partial charge in [-0.2, -0.15) is 0 Å². The lowest BCUT2D eigenvalue weighted by atomic mass is 9.87. The third-order valence-electron chi connectivity index (χ3n) is 2.81. The Bertz CT molecular complexity index is 396. The zero-order valence-corrected chi connectivity index (χ0v) is 8.92. The highest BCUT2D eigenvalue weighted by atomic mass is 16.2. The predicted molar refractivity (Wildman–Crippen MR) is 61.7 cm³/mol. The molecule has 15 heavy (non-hydrogen) atoms. The maximum absolute atomic E-state index is 8.61. The predicted octanol–water partition coefficient (Wildman–Crippen LogP) is 2.30. The molecule has 1 aliphatic carbocycles. The van der Waals surface area contributed by atoms with Gasteiger partial charge in [0.1, 0.15) is 0 Å². The number of aryl methyl sites for hydroxylation is 2. The van der Waals surface area contributed by atoms with Gasteiger partial charge in [-0.25, -0.2) is 0 Å². The number of hydrogen-bond donors (Lipinski definition) is 1. The molecule has 1 N–H and O–H groups in total. The lowest BCUT2D eigenvalue weighted by molar-refractivity contribution is 0.285. The van der Waals surface area contributed by atoms with Crippen LogP contribution in [0.2, 0.25) is 0 Å². The van der Waals surface area contributed by atoms with E-state index in [1.807, 2.05) is 0 Å². The fraction of sp³-hybridized carbons (Fsp3) is 0.429. The molecule has 0 saturated heterocycles. The number of benzene rings is 1. The van der Waals surface area contributed by atoms with Crippen LogP contribution in [0, 0.1) is 11.8 Å². The number of unbranched alkanes of at least 4 members (excludes halogenated alkanes) is 2. The van der Waals surface area contributed by atoms with Crippen LogP contribution in [-0.2, 0) is 12.8 Å². The molecule has 1 nitrogen and oxygen atoms in total. The molecule has 2 rings (SSSR count). The van der Waals surface area contributed by atoms with Crippen LogP contribution in [0.1, 0.15) is 36.0 Å². The van der Waals surface area contributed by atoms with Gasteiger partial charge in [0, 0.05) is 18.6 Å². The molecular weight excluding hydrogens is 184 g/mol. The molecule has 1 heteroatoms. The summed E-state index contributed by atoms with van der Waals surface area (Å²) in [4.78, 5) is 0. The van der Waals surface area contributed by atoms with Gasteiger partial charge >= 0.3 is 0 Å². The van der Waals surface area contributed by atoms with Crippen LogP contribution in [-0.4, -0.2) is 11.7 Å². The number of fused-ring (bicyclic) bond motifs is 1. The number of aliphatic hydroxyl groups excluding tert-OH is 1. The van der Waals surface area contributed by atoms with Crippen LogP contribution in [0.5, 0.6) is 0 Å². The molecule has 0 fully saturated rings. The van der Waals surface area contributed by atoms with Crippen molar-refractivity contribution in [1.82, 2.24) is 0 Å². The van der Waals surface area contributed by atoms with E-state index in [0.29, 0.717) is 0 Å². The van der Waals surface area contributed by atoms with Gasteiger partial charge < -0.3 is 5.11 Å². The minimum atomic E-state index is 0.278. The highest BCUT2D eigenvalue weighted by molar-refractivity contribution is 5.44. The lowest BCUT2D eigenvalue weighted by Crippen LogP contribution is -2.07. The Morgan fingerprint density at radius 3 is 2.67 bits per heavy atom. The Hall–Kier alpha value is -1.26. The summed E-state index contributed by atoms with van der Waals surface area (Å²) in [6.45, 7) is 0.278. The Morgan fingerprint density at radius 2 is 2.00 bits per heavy atom. The molecule has 1 aliphatic rings. The van der Waals surface area contributed by atoms with E-state index >= 15 is 0 Å². The summed E-state index contributed by atoms with van der Waals surface area (Å²) in [5.41, 5.74) is 4.09. The zero-order chi connectivity index (χ0) is 10.5. The van der Waals surface area contributed by atoms with E-state index in [-0.39, 0.29) is 6.61 Å². The second kappa shape index (κ2) is 5.00. The molecule has 0 spiro atoms. The second-order valence-corrected chi connectivity index (χ2v) is 3.97. The van der Waals surface area contributed by atoms with E-state index in [0.717, 1.165) is 24.8 Å². The molecule has 0 saturated carbocycles. The van der Waals surface area contributed by atoms with Crippen LogP contribution < -0.4 is 0 Å². The van der Waals surface area contributed by atoms with Crippen molar-refractivity contribution in [1.29, 1.82) is 0 Å². The molecule has 78 valence electrons. The Labute approximate surface area is 91.1 Å². The fourth-order valence-corrected chi connectivity index (χ4v) is 1.76. The van der Waals surface area contributed by atoms with Crippen molar-refractivity contribution < 1.29 is 5.11 Å². The largest absolute Gasteiger partial charge is 0.396 e. The van der Waals surface area contributed by atoms with Crippen molar-refractivity contribution >= 4 is 0 Å². The van der Waals surface area contributed by atoms with E-state index in [1.165, 1.54) is 24.0 Å². The van der Waals surface area contributed by atoms with Crippen LogP contribution in [0.3, 0.4) is 0 Å². The van der Waals surface area contributed by atoms with E-state index in [4.69, 9.17) is 5.11 Å². The summed E-state index contributed by atoms with van der Waals surface area (Å²) in [7, 11) is 0. The highest BCUT2D eigenvalue weighted by Gasteiger charge is 2.11. The smallest absolute Gasteiger partial charge is 0.0431 e. The third-order valence-corrected chi connectivity index (χ3v) is 2.81. The standard InChI is InChI=1S/C14H16O/c15-10-4-2-1-3-5-12-6-7-13-8-9-14(13)11-12/h6-7,11,15H,1-2,4,8-10H2. The normalized spacial score (nSPS) is 12.3. The summed E-state index contributed by atoms with van der Waals surface area (Å²) in [6.07, 6.45) is 5.19. The monoisotopic (exact) mass is 200 g/mol.